The molecule has 6 nitrogen and oxygen atoms in total. The van der Waals surface area contributed by atoms with Crippen molar-refractivity contribution in [2.24, 2.45) is 0 Å². The maximum atomic E-state index is 4.03. The summed E-state index contributed by atoms with van der Waals surface area (Å²) in [7, 11) is 0. The normalized spacial score (nSPS) is 9.92. The molecule has 2 rings (SSSR count). The molecule has 0 amide bonds. The molecule has 0 saturated heterocycles. The van der Waals surface area contributed by atoms with E-state index in [1.54, 1.807) is 12.4 Å². The Balaban J connectivity index is 2.42. The molecule has 6 heteroatoms. The van der Waals surface area contributed by atoms with E-state index in [1.165, 1.54) is 6.33 Å². The summed E-state index contributed by atoms with van der Waals surface area (Å²) in [6.07, 6.45) is 4.65. The molecule has 0 saturated carbocycles. The van der Waals surface area contributed by atoms with E-state index in [2.05, 4.69) is 30.4 Å². The Bertz CT molecular complexity index is 383. The van der Waals surface area contributed by atoms with Crippen LogP contribution in [0.5, 0.6) is 0 Å². The van der Waals surface area contributed by atoms with Crippen molar-refractivity contribution in [2.75, 3.05) is 0 Å². The molecule has 2 aromatic heterocycles. The lowest BCUT2D eigenvalue weighted by Gasteiger charge is -1.94. The van der Waals surface area contributed by atoms with Crippen LogP contribution in [-0.4, -0.2) is 30.4 Å². The van der Waals surface area contributed by atoms with Crippen LogP contribution >= 0.6 is 0 Å². The first-order chi connectivity index (χ1) is 6.36. The topological polar surface area (TPSA) is 77.3 Å². The second-order valence-electron chi connectivity index (χ2n) is 2.45. The average Bonchev–Trinajstić information content (AvgIpc) is 2.20. The van der Waals surface area contributed by atoms with Gasteiger partial charge < -0.3 is 0 Å². The van der Waals surface area contributed by atoms with Crippen LogP contribution in [0.2, 0.25) is 0 Å². The highest BCUT2D eigenvalue weighted by atomic mass is 15.3. The molecule has 0 aromatic carbocycles. The van der Waals surface area contributed by atoms with Gasteiger partial charge in [-0.2, -0.15) is 0 Å². The summed E-state index contributed by atoms with van der Waals surface area (Å²) in [6, 6.07) is 0. The van der Waals surface area contributed by atoms with Crippen molar-refractivity contribution >= 4 is 0 Å². The third kappa shape index (κ3) is 1.61. The van der Waals surface area contributed by atoms with Gasteiger partial charge in [0.05, 0.1) is 0 Å². The minimum atomic E-state index is 0.336. The lowest BCUT2D eigenvalue weighted by atomic mass is 10.4. The van der Waals surface area contributed by atoms with Crippen molar-refractivity contribution < 1.29 is 0 Å². The third-order valence-corrected chi connectivity index (χ3v) is 1.39. The maximum absolute atomic E-state index is 4.03. The molecule has 0 aliphatic heterocycles. The number of rotatable bonds is 1. The van der Waals surface area contributed by atoms with Gasteiger partial charge in [-0.15, -0.1) is 20.4 Å². The lowest BCUT2D eigenvalue weighted by Crippen LogP contribution is -1.98. The molecule has 0 radical (unpaired) electrons. The molecule has 13 heavy (non-hydrogen) atoms. The van der Waals surface area contributed by atoms with E-state index in [4.69, 9.17) is 0 Å². The van der Waals surface area contributed by atoms with Gasteiger partial charge in [0.1, 0.15) is 0 Å². The van der Waals surface area contributed by atoms with Crippen molar-refractivity contribution in [1.82, 2.24) is 30.4 Å². The summed E-state index contributed by atoms with van der Waals surface area (Å²) in [5.41, 5.74) is 0.987. The van der Waals surface area contributed by atoms with Gasteiger partial charge in [0.2, 0.25) is 11.6 Å². The summed E-state index contributed by atoms with van der Waals surface area (Å²) < 4.78 is 0. The zero-order valence-corrected chi connectivity index (χ0v) is 6.92. The molecule has 0 fully saturated rings. The largest absolute Gasteiger partial charge is 0.240 e. The van der Waals surface area contributed by atoms with E-state index < -0.39 is 0 Å². The van der Waals surface area contributed by atoms with Gasteiger partial charge in [-0.25, -0.2) is 9.97 Å². The van der Waals surface area contributed by atoms with Crippen molar-refractivity contribution in [3.63, 3.8) is 0 Å². The van der Waals surface area contributed by atoms with Crippen molar-refractivity contribution in [2.45, 2.75) is 6.92 Å². The van der Waals surface area contributed by atoms with Gasteiger partial charge in [0.15, 0.2) is 6.33 Å². The Hall–Kier alpha value is -1.98. The van der Waals surface area contributed by atoms with Gasteiger partial charge in [0.25, 0.3) is 0 Å². The van der Waals surface area contributed by atoms with Gasteiger partial charge in [0, 0.05) is 12.4 Å². The number of nitrogens with zero attached hydrogens (tertiary/aromatic N) is 6. The van der Waals surface area contributed by atoms with Crippen LogP contribution in [0.3, 0.4) is 0 Å². The monoisotopic (exact) mass is 174 g/mol. The van der Waals surface area contributed by atoms with Gasteiger partial charge >= 0.3 is 0 Å². The highest BCUT2D eigenvalue weighted by Crippen LogP contribution is 2.04. The molecular weight excluding hydrogens is 168 g/mol. The van der Waals surface area contributed by atoms with E-state index >= 15 is 0 Å². The average molecular weight is 174 g/mol. The molecule has 0 N–H and O–H groups in total. The summed E-state index contributed by atoms with van der Waals surface area (Å²) in [5, 5.41) is 14.6. The summed E-state index contributed by atoms with van der Waals surface area (Å²) in [5.74, 6) is 0.772. The highest BCUT2D eigenvalue weighted by Gasteiger charge is 2.03. The SMILES string of the molecule is Cc1cnc(-c2nncnn2)nc1. The number of aryl methyl sites for hydroxylation is 1. The first-order valence-corrected chi connectivity index (χ1v) is 3.65. The number of aromatic nitrogens is 6. The van der Waals surface area contributed by atoms with Gasteiger partial charge in [-0.05, 0) is 12.5 Å². The molecule has 0 spiro atoms. The first-order valence-electron chi connectivity index (χ1n) is 3.65. The van der Waals surface area contributed by atoms with Crippen LogP contribution in [0.15, 0.2) is 18.7 Å². The van der Waals surface area contributed by atoms with E-state index in [0.717, 1.165) is 5.56 Å². The van der Waals surface area contributed by atoms with Crippen LogP contribution in [0.1, 0.15) is 5.56 Å². The fourth-order valence-electron chi connectivity index (χ4n) is 0.802. The molecule has 2 aromatic rings. The zero-order valence-electron chi connectivity index (χ0n) is 6.92. The van der Waals surface area contributed by atoms with Crippen LogP contribution < -0.4 is 0 Å². The summed E-state index contributed by atoms with van der Waals surface area (Å²) >= 11 is 0. The smallest absolute Gasteiger partial charge is 0.233 e. The van der Waals surface area contributed by atoms with Crippen molar-refractivity contribution in [1.29, 1.82) is 0 Å². The van der Waals surface area contributed by atoms with Gasteiger partial charge in [-0.3, -0.25) is 0 Å². The molecular formula is C7H6N6. The maximum Gasteiger partial charge on any atom is 0.240 e. The second-order valence-corrected chi connectivity index (χ2v) is 2.45. The van der Waals surface area contributed by atoms with Crippen LogP contribution in [0.4, 0.5) is 0 Å². The van der Waals surface area contributed by atoms with Gasteiger partial charge in [-0.1, -0.05) is 0 Å². The van der Waals surface area contributed by atoms with Crippen LogP contribution in [-0.2, 0) is 0 Å². The molecule has 0 bridgehead atoms. The molecule has 0 aliphatic carbocycles. The Morgan fingerprint density at radius 1 is 0.923 bits per heavy atom. The number of hydrogen-bond donors (Lipinski definition) is 0. The molecule has 0 aliphatic rings. The fourth-order valence-corrected chi connectivity index (χ4v) is 0.802. The third-order valence-electron chi connectivity index (χ3n) is 1.39. The minimum absolute atomic E-state index is 0.336. The van der Waals surface area contributed by atoms with E-state index in [-0.39, 0.29) is 0 Å². The fraction of sp³-hybridized carbons (Fsp3) is 0.143. The minimum Gasteiger partial charge on any atom is -0.233 e. The van der Waals surface area contributed by atoms with E-state index in [9.17, 15) is 0 Å². The molecule has 64 valence electrons. The predicted octanol–water partition coefficient (Wildman–Crippen LogP) is 0.0320. The standard InChI is InChI=1S/C7H6N6/c1-5-2-8-6(9-3-5)7-12-10-4-11-13-7/h2-4H,1H3. The van der Waals surface area contributed by atoms with E-state index in [0.29, 0.717) is 11.6 Å². The number of hydrogen-bond acceptors (Lipinski definition) is 6. The quantitative estimate of drug-likeness (QED) is 0.607. The zero-order chi connectivity index (χ0) is 9.10. The second kappa shape index (κ2) is 3.18. The predicted molar refractivity (Wildman–Crippen MR) is 43.4 cm³/mol. The lowest BCUT2D eigenvalue weighted by molar-refractivity contribution is 0.850. The van der Waals surface area contributed by atoms with Crippen molar-refractivity contribution in [3.05, 3.63) is 24.3 Å². The first kappa shape index (κ1) is 7.66. The Morgan fingerprint density at radius 2 is 1.54 bits per heavy atom. The Labute approximate surface area is 74.1 Å². The molecule has 2 heterocycles. The Kier molecular flexibility index (Phi) is 1.87. The summed E-state index contributed by atoms with van der Waals surface area (Å²) in [6.45, 7) is 1.91. The molecule has 0 atom stereocenters. The van der Waals surface area contributed by atoms with Crippen molar-refractivity contribution in [3.8, 4) is 11.6 Å². The Morgan fingerprint density at radius 3 is 2.15 bits per heavy atom. The molecule has 0 unspecified atom stereocenters. The van der Waals surface area contributed by atoms with Crippen LogP contribution in [0, 0.1) is 6.92 Å². The van der Waals surface area contributed by atoms with Crippen LogP contribution in [0.25, 0.3) is 11.6 Å². The summed E-state index contributed by atoms with van der Waals surface area (Å²) in [4.78, 5) is 8.06. The highest BCUT2D eigenvalue weighted by molar-refractivity contribution is 5.39. The van der Waals surface area contributed by atoms with E-state index in [1.807, 2.05) is 6.92 Å².